The molecule has 0 atom stereocenters. The molecule has 392 valence electrons. The zero-order valence-corrected chi connectivity index (χ0v) is 42.0. The molecule has 0 spiro atoms. The lowest BCUT2D eigenvalue weighted by Gasteiger charge is -2.34. The fourth-order valence-electron chi connectivity index (χ4n) is 8.87. The van der Waals surface area contributed by atoms with Crippen LogP contribution < -0.4 is 24.6 Å². The number of Topliss-reactive ketones (excluding diaryl/α,β-unsaturated/α-hetero) is 2. The Kier molecular flexibility index (Phi) is 14.5. The Morgan fingerprint density at radius 1 is 0.571 bits per heavy atom. The second kappa shape index (κ2) is 22.1. The summed E-state index contributed by atoms with van der Waals surface area (Å²) in [5.74, 6) is 0.490. The zero-order valence-electron chi connectivity index (χ0n) is 42.0. The van der Waals surface area contributed by atoms with Crippen LogP contribution >= 0.6 is 0 Å². The normalized spacial score (nSPS) is 13.4. The summed E-state index contributed by atoms with van der Waals surface area (Å²) in [6.07, 6.45) is 11.9. The van der Waals surface area contributed by atoms with Crippen molar-refractivity contribution >= 4 is 57.1 Å². The lowest BCUT2D eigenvalue weighted by molar-refractivity contribution is -0.131. The van der Waals surface area contributed by atoms with Gasteiger partial charge in [0.15, 0.2) is 11.6 Å². The van der Waals surface area contributed by atoms with Gasteiger partial charge >= 0.3 is 5.97 Å². The van der Waals surface area contributed by atoms with Crippen molar-refractivity contribution < 1.29 is 33.8 Å². The van der Waals surface area contributed by atoms with Crippen LogP contribution in [0.15, 0.2) is 111 Å². The smallest absolute Gasteiger partial charge is 0.377 e. The van der Waals surface area contributed by atoms with Gasteiger partial charge in [0, 0.05) is 64.8 Å². The van der Waals surface area contributed by atoms with E-state index in [0.29, 0.717) is 88.7 Å². The molecule has 0 aliphatic carbocycles. The van der Waals surface area contributed by atoms with Crippen LogP contribution in [0.4, 0.5) is 11.9 Å². The number of amides is 1. The largest absolute Gasteiger partial charge is 0.494 e. The van der Waals surface area contributed by atoms with Crippen molar-refractivity contribution in [3.63, 3.8) is 0 Å². The van der Waals surface area contributed by atoms with Crippen molar-refractivity contribution in [2.24, 2.45) is 0 Å². The first kappa shape index (κ1) is 50.4. The first-order valence-corrected chi connectivity index (χ1v) is 24.1. The predicted octanol–water partition coefficient (Wildman–Crippen LogP) is 2.98. The molecular formula is C50H50N20O7. The van der Waals surface area contributed by atoms with Gasteiger partial charge in [-0.3, -0.25) is 14.4 Å². The number of hydrogen-bond donors (Lipinski definition) is 4. The Balaban J connectivity index is 0.000000145. The second-order valence-electron chi connectivity index (χ2n) is 17.3. The van der Waals surface area contributed by atoms with Crippen molar-refractivity contribution in [1.82, 2.24) is 89.2 Å². The molecule has 2 saturated heterocycles. The van der Waals surface area contributed by atoms with E-state index in [2.05, 4.69) is 75.4 Å². The average Bonchev–Trinajstić information content (AvgIpc) is 4.38. The number of fused-ring (bicyclic) bond motifs is 2. The molecule has 2 aromatic carbocycles. The molecule has 0 bridgehead atoms. The molecule has 2 aliphatic rings. The fourth-order valence-corrected chi connectivity index (χ4v) is 8.87. The summed E-state index contributed by atoms with van der Waals surface area (Å²) < 4.78 is 17.3. The van der Waals surface area contributed by atoms with Crippen LogP contribution in [-0.4, -0.2) is 179 Å². The number of ether oxygens (including phenoxy) is 2. The van der Waals surface area contributed by atoms with Gasteiger partial charge in [-0.1, -0.05) is 36.4 Å². The summed E-state index contributed by atoms with van der Waals surface area (Å²) in [6.45, 7) is 9.23. The topological polar surface area (TPSA) is 309 Å². The number of para-hydroxylation sites is 2. The molecule has 27 heteroatoms. The van der Waals surface area contributed by atoms with Crippen LogP contribution in [-0.2, 0) is 9.59 Å². The maximum absolute atomic E-state index is 13.4. The number of carboxylic acid groups (broad SMARTS) is 1. The van der Waals surface area contributed by atoms with Gasteiger partial charge in [-0.15, -0.1) is 0 Å². The van der Waals surface area contributed by atoms with Gasteiger partial charge in [-0.05, 0) is 38.1 Å². The molecule has 77 heavy (non-hydrogen) atoms. The first-order valence-electron chi connectivity index (χ1n) is 24.1. The van der Waals surface area contributed by atoms with Crippen molar-refractivity contribution in [1.29, 1.82) is 0 Å². The lowest BCUT2D eigenvalue weighted by atomic mass is 10.1. The number of aryl methyl sites for hydroxylation is 2. The standard InChI is InChI=1S/C25H24N10O3.C13H11N5O4.C12H15N5/c1-16-29-15-34(31-16)23-21-20(19(38-2)13-27-23)18(12-26-21)22(36)24(37)32-8-10-33(11-9-32)25-28-14-30-35(25)17-6-4-3-5-7-17;1-6-16-5-18(17-6)12-10-9(8(22-2)4-15-12)7(3-14-10)11(19)13(20)21;1-2-4-11(5-3-1)17-12(14-10-15-17)16-8-6-13-7-9-16/h3-7,12-15,26H,8-11H2,1-2H3;3-5,14H,1-2H3,(H,20,21);1-5,10,13H,6-9H2. The van der Waals surface area contributed by atoms with Gasteiger partial charge in [0.05, 0.1) is 70.9 Å². The number of aromatic amines is 2. The highest BCUT2D eigenvalue weighted by Crippen LogP contribution is 2.33. The summed E-state index contributed by atoms with van der Waals surface area (Å²) >= 11 is 0. The van der Waals surface area contributed by atoms with Gasteiger partial charge in [0.1, 0.15) is 48.5 Å². The number of H-pyrrole nitrogens is 2. The molecule has 4 N–H and O–H groups in total. The SMILES string of the molecule is COc1cnc(-n2cnc(C)n2)c2[nH]cc(C(=O)C(=O)N3CCN(c4ncnn4-c4ccccc4)CC3)c12.COc1cnc(-n2cnc(C)n2)c2[nH]cc(C(=O)C(=O)O)c12.c1ccc(-n2ncnc2N2CCNCC2)cc1. The molecule has 0 unspecified atom stereocenters. The molecule has 10 aromatic rings. The number of anilines is 2. The van der Waals surface area contributed by atoms with Crippen molar-refractivity contribution in [2.45, 2.75) is 13.8 Å². The van der Waals surface area contributed by atoms with E-state index in [-0.39, 0.29) is 11.1 Å². The molecule has 0 radical (unpaired) electrons. The number of methoxy groups -OCH3 is 2. The zero-order chi connectivity index (χ0) is 53.6. The number of piperazine rings is 2. The van der Waals surface area contributed by atoms with Crippen LogP contribution in [0, 0.1) is 13.8 Å². The highest BCUT2D eigenvalue weighted by atomic mass is 16.5. The highest BCUT2D eigenvalue weighted by molar-refractivity contribution is 6.45. The van der Waals surface area contributed by atoms with E-state index < -0.39 is 23.4 Å². The molecule has 12 rings (SSSR count). The van der Waals surface area contributed by atoms with Gasteiger partial charge in [-0.2, -0.15) is 39.7 Å². The first-order chi connectivity index (χ1) is 37.5. The number of benzene rings is 2. The van der Waals surface area contributed by atoms with Gasteiger partial charge < -0.3 is 44.6 Å². The summed E-state index contributed by atoms with van der Waals surface area (Å²) in [4.78, 5) is 86.9. The van der Waals surface area contributed by atoms with Crippen molar-refractivity contribution in [3.05, 3.63) is 134 Å². The number of hydrogen-bond acceptors (Lipinski definition) is 19. The van der Waals surface area contributed by atoms with Crippen LogP contribution in [0.5, 0.6) is 11.5 Å². The predicted molar refractivity (Wildman–Crippen MR) is 277 cm³/mol. The molecule has 10 heterocycles. The van der Waals surface area contributed by atoms with Crippen molar-refractivity contribution in [2.75, 3.05) is 76.4 Å². The monoisotopic (exact) mass is 1040 g/mol. The second-order valence-corrected chi connectivity index (χ2v) is 17.3. The number of carboxylic acids is 1. The minimum Gasteiger partial charge on any atom is -0.494 e. The number of nitrogens with zero attached hydrogens (tertiary/aromatic N) is 17. The number of rotatable bonds is 12. The maximum atomic E-state index is 13.4. The Morgan fingerprint density at radius 2 is 1.03 bits per heavy atom. The van der Waals surface area contributed by atoms with Gasteiger partial charge in [0.2, 0.25) is 11.9 Å². The lowest BCUT2D eigenvalue weighted by Crippen LogP contribution is -2.51. The Hall–Kier alpha value is -10.2. The van der Waals surface area contributed by atoms with E-state index in [4.69, 9.17) is 14.6 Å². The van der Waals surface area contributed by atoms with Crippen LogP contribution in [0.3, 0.4) is 0 Å². The van der Waals surface area contributed by atoms with E-state index in [1.807, 2.05) is 65.3 Å². The summed E-state index contributed by atoms with van der Waals surface area (Å²) in [6, 6.07) is 19.8. The molecular weight excluding hydrogens is 993 g/mol. The van der Waals surface area contributed by atoms with E-state index >= 15 is 0 Å². The van der Waals surface area contributed by atoms with Crippen molar-refractivity contribution in [3.8, 4) is 34.5 Å². The van der Waals surface area contributed by atoms with E-state index in [1.54, 1.807) is 29.8 Å². The summed E-state index contributed by atoms with van der Waals surface area (Å²) in [5.41, 5.74) is 3.13. The molecule has 8 aromatic heterocycles. The van der Waals surface area contributed by atoms with Crippen LogP contribution in [0.2, 0.25) is 0 Å². The van der Waals surface area contributed by atoms with Crippen LogP contribution in [0.25, 0.3) is 44.8 Å². The molecule has 27 nitrogen and oxygen atoms in total. The Labute approximate surface area is 437 Å². The molecule has 0 saturated carbocycles. The van der Waals surface area contributed by atoms with E-state index in [1.165, 1.54) is 67.4 Å². The number of aromatic nitrogens is 16. The van der Waals surface area contributed by atoms with Gasteiger partial charge in [0.25, 0.3) is 17.5 Å². The third-order valence-corrected chi connectivity index (χ3v) is 12.6. The number of nitrogens with one attached hydrogen (secondary N) is 3. The summed E-state index contributed by atoms with van der Waals surface area (Å²) in [5, 5.41) is 30.2. The number of carbonyl (C=O) groups excluding carboxylic acids is 3. The third kappa shape index (κ3) is 10.2. The Bertz CT molecular complexity index is 3720. The highest BCUT2D eigenvalue weighted by Gasteiger charge is 2.32. The van der Waals surface area contributed by atoms with E-state index in [9.17, 15) is 19.2 Å². The fraction of sp³-hybridized carbons (Fsp3) is 0.240. The molecule has 2 aliphatic heterocycles. The third-order valence-electron chi connectivity index (χ3n) is 12.6. The number of aliphatic carboxylic acids is 1. The van der Waals surface area contributed by atoms with Crippen LogP contribution in [0.1, 0.15) is 32.4 Å². The molecule has 1 amide bonds. The maximum Gasteiger partial charge on any atom is 0.377 e. The average molecular weight is 1040 g/mol. The number of carbonyl (C=O) groups is 4. The summed E-state index contributed by atoms with van der Waals surface area (Å²) in [7, 11) is 2.91. The van der Waals surface area contributed by atoms with Gasteiger partial charge in [-0.25, -0.2) is 34.1 Å². The Morgan fingerprint density at radius 3 is 1.45 bits per heavy atom. The number of ketones is 2. The number of pyridine rings is 2. The minimum absolute atomic E-state index is 0.000151. The molecule has 2 fully saturated rings. The quantitative estimate of drug-likeness (QED) is 0.101. The van der Waals surface area contributed by atoms with E-state index in [0.717, 1.165) is 43.5 Å². The minimum atomic E-state index is -1.54.